The topological polar surface area (TPSA) is 70.8 Å². The number of nitrogens with one attached hydrogen (secondary N) is 1. The highest BCUT2D eigenvalue weighted by Gasteiger charge is 2.11. The van der Waals surface area contributed by atoms with Gasteiger partial charge in [-0.25, -0.2) is 0 Å². The van der Waals surface area contributed by atoms with Crippen LogP contribution in [0, 0.1) is 25.2 Å². The molecule has 1 rings (SSSR count). The maximum Gasteiger partial charge on any atom is 0.167 e. The van der Waals surface area contributed by atoms with Gasteiger partial charge in [0.2, 0.25) is 0 Å². The van der Waals surface area contributed by atoms with Crippen molar-refractivity contribution in [3.05, 3.63) is 16.8 Å². The fraction of sp³-hybridized carbons (Fsp3) is 0.545. The lowest BCUT2D eigenvalue weighted by molar-refractivity contribution is 0.128. The summed E-state index contributed by atoms with van der Waals surface area (Å²) < 4.78 is 5.11. The Labute approximate surface area is 95.4 Å². The number of hydrogen-bond acceptors (Lipinski definition) is 5. The van der Waals surface area contributed by atoms with Crippen LogP contribution in [-0.4, -0.2) is 30.0 Å². The van der Waals surface area contributed by atoms with E-state index in [1.165, 1.54) is 0 Å². The molecule has 0 radical (unpaired) electrons. The van der Waals surface area contributed by atoms with Gasteiger partial charge in [0.1, 0.15) is 11.6 Å². The van der Waals surface area contributed by atoms with Gasteiger partial charge in [0, 0.05) is 13.7 Å². The third-order valence-electron chi connectivity index (χ3n) is 2.53. The normalized spacial score (nSPS) is 11.9. The van der Waals surface area contributed by atoms with Crippen LogP contribution in [0.2, 0.25) is 0 Å². The minimum atomic E-state index is 0.0648. The minimum absolute atomic E-state index is 0.0648. The first-order valence-corrected chi connectivity index (χ1v) is 5.10. The molecule has 16 heavy (non-hydrogen) atoms. The first-order chi connectivity index (χ1) is 7.60. The van der Waals surface area contributed by atoms with E-state index < -0.39 is 0 Å². The van der Waals surface area contributed by atoms with Gasteiger partial charge in [-0.05, 0) is 26.3 Å². The highest BCUT2D eigenvalue weighted by atomic mass is 16.5. The Balaban J connectivity index is 2.89. The SMILES string of the molecule is COC(C)CNc1nnc(C)c(C)c1C#N. The van der Waals surface area contributed by atoms with Gasteiger partial charge in [-0.1, -0.05) is 0 Å². The van der Waals surface area contributed by atoms with Crippen molar-refractivity contribution in [2.75, 3.05) is 19.0 Å². The van der Waals surface area contributed by atoms with E-state index in [-0.39, 0.29) is 6.10 Å². The average molecular weight is 220 g/mol. The molecule has 0 aliphatic heterocycles. The van der Waals surface area contributed by atoms with Crippen molar-refractivity contribution in [1.29, 1.82) is 5.26 Å². The number of methoxy groups -OCH3 is 1. The predicted octanol–water partition coefficient (Wildman–Crippen LogP) is 1.41. The van der Waals surface area contributed by atoms with Gasteiger partial charge >= 0.3 is 0 Å². The lowest BCUT2D eigenvalue weighted by Gasteiger charge is -2.12. The van der Waals surface area contributed by atoms with Crippen molar-refractivity contribution in [3.63, 3.8) is 0 Å². The minimum Gasteiger partial charge on any atom is -0.380 e. The van der Waals surface area contributed by atoms with Gasteiger partial charge < -0.3 is 10.1 Å². The molecule has 0 saturated carbocycles. The van der Waals surface area contributed by atoms with Crippen LogP contribution in [0.5, 0.6) is 0 Å². The highest BCUT2D eigenvalue weighted by molar-refractivity contribution is 5.55. The predicted molar refractivity (Wildman–Crippen MR) is 61.2 cm³/mol. The van der Waals surface area contributed by atoms with E-state index in [4.69, 9.17) is 10.00 Å². The second kappa shape index (κ2) is 5.42. The molecule has 0 saturated heterocycles. The third kappa shape index (κ3) is 2.67. The van der Waals surface area contributed by atoms with Crippen LogP contribution in [-0.2, 0) is 4.74 Å². The molecule has 0 bridgehead atoms. The molecule has 86 valence electrons. The Morgan fingerprint density at radius 3 is 2.69 bits per heavy atom. The van der Waals surface area contributed by atoms with E-state index >= 15 is 0 Å². The Bertz CT molecular complexity index is 411. The number of rotatable bonds is 4. The van der Waals surface area contributed by atoms with E-state index in [0.29, 0.717) is 17.9 Å². The van der Waals surface area contributed by atoms with Crippen LogP contribution in [0.15, 0.2) is 0 Å². The van der Waals surface area contributed by atoms with Crippen molar-refractivity contribution in [3.8, 4) is 6.07 Å². The van der Waals surface area contributed by atoms with Crippen LogP contribution < -0.4 is 5.32 Å². The number of aromatic nitrogens is 2. The molecule has 0 aliphatic rings. The molecule has 0 spiro atoms. The Kier molecular flexibility index (Phi) is 4.20. The molecular formula is C11H16N4O. The molecule has 0 fully saturated rings. The standard InChI is InChI=1S/C11H16N4O/c1-7(16-4)6-13-11-10(5-12)8(2)9(3)14-15-11/h7H,6H2,1-4H3,(H,13,15). The lowest BCUT2D eigenvalue weighted by atomic mass is 10.1. The van der Waals surface area contributed by atoms with Gasteiger partial charge in [-0.2, -0.15) is 10.4 Å². The summed E-state index contributed by atoms with van der Waals surface area (Å²) in [5.74, 6) is 0.523. The molecular weight excluding hydrogens is 204 g/mol. The molecule has 1 aromatic rings. The summed E-state index contributed by atoms with van der Waals surface area (Å²) in [6, 6.07) is 2.14. The number of aryl methyl sites for hydroxylation is 1. The van der Waals surface area contributed by atoms with Crippen molar-refractivity contribution < 1.29 is 4.74 Å². The summed E-state index contributed by atoms with van der Waals surface area (Å²) in [4.78, 5) is 0. The Morgan fingerprint density at radius 1 is 1.44 bits per heavy atom. The van der Waals surface area contributed by atoms with Crippen LogP contribution in [0.3, 0.4) is 0 Å². The molecule has 1 unspecified atom stereocenters. The summed E-state index contributed by atoms with van der Waals surface area (Å²) in [7, 11) is 1.64. The summed E-state index contributed by atoms with van der Waals surface area (Å²) in [5.41, 5.74) is 2.20. The van der Waals surface area contributed by atoms with E-state index in [9.17, 15) is 0 Å². The monoisotopic (exact) mass is 220 g/mol. The van der Waals surface area contributed by atoms with Crippen LogP contribution >= 0.6 is 0 Å². The molecule has 1 atom stereocenters. The second-order valence-electron chi connectivity index (χ2n) is 3.67. The number of anilines is 1. The quantitative estimate of drug-likeness (QED) is 0.830. The van der Waals surface area contributed by atoms with Gasteiger partial charge in [0.25, 0.3) is 0 Å². The van der Waals surface area contributed by atoms with Gasteiger partial charge in [0.05, 0.1) is 11.8 Å². The van der Waals surface area contributed by atoms with Gasteiger partial charge in [-0.15, -0.1) is 5.10 Å². The van der Waals surface area contributed by atoms with Crippen molar-refractivity contribution in [2.24, 2.45) is 0 Å². The molecule has 1 aromatic heterocycles. The summed E-state index contributed by atoms with van der Waals surface area (Å²) in [5, 5.41) is 20.1. The van der Waals surface area contributed by atoms with E-state index in [1.54, 1.807) is 7.11 Å². The zero-order valence-corrected chi connectivity index (χ0v) is 10.0. The highest BCUT2D eigenvalue weighted by Crippen LogP contribution is 2.16. The van der Waals surface area contributed by atoms with Gasteiger partial charge in [-0.3, -0.25) is 0 Å². The number of nitriles is 1. The molecule has 0 aliphatic carbocycles. The van der Waals surface area contributed by atoms with Crippen LogP contribution in [0.4, 0.5) is 5.82 Å². The van der Waals surface area contributed by atoms with E-state index in [0.717, 1.165) is 11.3 Å². The maximum atomic E-state index is 9.06. The zero-order valence-electron chi connectivity index (χ0n) is 10.0. The van der Waals surface area contributed by atoms with Crippen LogP contribution in [0.25, 0.3) is 0 Å². The Morgan fingerprint density at radius 2 is 2.12 bits per heavy atom. The number of hydrogen-bond donors (Lipinski definition) is 1. The third-order valence-corrected chi connectivity index (χ3v) is 2.53. The molecule has 5 nitrogen and oxygen atoms in total. The molecule has 5 heteroatoms. The maximum absolute atomic E-state index is 9.06. The average Bonchev–Trinajstić information content (AvgIpc) is 2.30. The molecule has 0 aromatic carbocycles. The van der Waals surface area contributed by atoms with E-state index in [2.05, 4.69) is 21.6 Å². The Hall–Kier alpha value is -1.67. The summed E-state index contributed by atoms with van der Waals surface area (Å²) in [6.07, 6.45) is 0.0648. The first kappa shape index (κ1) is 12.4. The summed E-state index contributed by atoms with van der Waals surface area (Å²) >= 11 is 0. The fourth-order valence-electron chi connectivity index (χ4n) is 1.19. The van der Waals surface area contributed by atoms with Crippen molar-refractivity contribution >= 4 is 5.82 Å². The fourth-order valence-corrected chi connectivity index (χ4v) is 1.19. The second-order valence-corrected chi connectivity index (χ2v) is 3.67. The van der Waals surface area contributed by atoms with Crippen molar-refractivity contribution in [2.45, 2.75) is 26.9 Å². The molecule has 1 N–H and O–H groups in total. The summed E-state index contributed by atoms with van der Waals surface area (Å²) in [6.45, 7) is 6.24. The molecule has 1 heterocycles. The van der Waals surface area contributed by atoms with Crippen molar-refractivity contribution in [1.82, 2.24) is 10.2 Å². The zero-order chi connectivity index (χ0) is 12.1. The largest absolute Gasteiger partial charge is 0.380 e. The van der Waals surface area contributed by atoms with Gasteiger partial charge in [0.15, 0.2) is 5.82 Å². The van der Waals surface area contributed by atoms with E-state index in [1.807, 2.05) is 20.8 Å². The smallest absolute Gasteiger partial charge is 0.167 e. The van der Waals surface area contributed by atoms with Crippen LogP contribution in [0.1, 0.15) is 23.7 Å². The number of nitrogens with zero attached hydrogens (tertiary/aromatic N) is 3. The number of ether oxygens (including phenoxy) is 1. The lowest BCUT2D eigenvalue weighted by Crippen LogP contribution is -2.20. The first-order valence-electron chi connectivity index (χ1n) is 5.10. The molecule has 0 amide bonds.